The summed E-state index contributed by atoms with van der Waals surface area (Å²) in [5.74, 6) is 0.323. The molecule has 4 nitrogen and oxygen atoms in total. The number of hydrogen-bond acceptors (Lipinski definition) is 5. The fraction of sp³-hybridized carbons (Fsp3) is 0.412. The van der Waals surface area contributed by atoms with Crippen molar-refractivity contribution in [3.05, 3.63) is 40.9 Å². The van der Waals surface area contributed by atoms with E-state index < -0.39 is 0 Å². The molecular formula is C17H20BrN3OS. The maximum Gasteiger partial charge on any atom is 0.149 e. The molecule has 1 saturated heterocycles. The number of thiazole rings is 1. The summed E-state index contributed by atoms with van der Waals surface area (Å²) >= 11 is 5.06. The summed E-state index contributed by atoms with van der Waals surface area (Å²) < 4.78 is 0. The molecule has 0 aliphatic carbocycles. The maximum atomic E-state index is 10.7. The predicted molar refractivity (Wildman–Crippen MR) is 98.2 cm³/mol. The molecule has 1 atom stereocenters. The minimum Gasteiger partial charge on any atom is -0.315 e. The van der Waals surface area contributed by atoms with Crippen molar-refractivity contribution < 1.29 is 4.79 Å². The number of benzene rings is 1. The van der Waals surface area contributed by atoms with E-state index in [9.17, 15) is 4.79 Å². The Labute approximate surface area is 148 Å². The summed E-state index contributed by atoms with van der Waals surface area (Å²) in [4.78, 5) is 16.9. The van der Waals surface area contributed by atoms with E-state index in [1.807, 2.05) is 17.4 Å². The Morgan fingerprint density at radius 3 is 2.57 bits per heavy atom. The highest BCUT2D eigenvalue weighted by atomic mass is 79.9. The number of carbonyl (C=O) groups excluding carboxylic acids is 1. The van der Waals surface area contributed by atoms with Gasteiger partial charge < -0.3 is 10.6 Å². The lowest BCUT2D eigenvalue weighted by Crippen LogP contribution is -2.37. The fourth-order valence-corrected chi connectivity index (χ4v) is 4.08. The number of fused-ring (bicyclic) bond motifs is 1. The Morgan fingerprint density at radius 1 is 1.13 bits per heavy atom. The highest BCUT2D eigenvalue weighted by Crippen LogP contribution is 2.29. The summed E-state index contributed by atoms with van der Waals surface area (Å²) in [6, 6.07) is 10.4. The lowest BCUT2D eigenvalue weighted by molar-refractivity contribution is -0.119. The average molecular weight is 394 g/mol. The van der Waals surface area contributed by atoms with Gasteiger partial charge in [0.2, 0.25) is 0 Å². The third kappa shape index (κ3) is 4.47. The first-order valence-electron chi connectivity index (χ1n) is 7.86. The van der Waals surface area contributed by atoms with Crippen LogP contribution in [0, 0.1) is 0 Å². The molecule has 3 heterocycles. The van der Waals surface area contributed by atoms with Crippen LogP contribution in [0.3, 0.4) is 0 Å². The van der Waals surface area contributed by atoms with Gasteiger partial charge in [-0.15, -0.1) is 11.3 Å². The second kappa shape index (κ2) is 8.15. The van der Waals surface area contributed by atoms with Crippen LogP contribution in [-0.4, -0.2) is 35.2 Å². The van der Waals surface area contributed by atoms with Gasteiger partial charge in [-0.25, -0.2) is 4.98 Å². The van der Waals surface area contributed by atoms with E-state index in [4.69, 9.17) is 4.98 Å². The van der Waals surface area contributed by atoms with Crippen LogP contribution in [-0.2, 0) is 17.8 Å². The molecule has 0 bridgehead atoms. The number of carbonyl (C=O) groups is 1. The number of Topliss-reactive ketones (excluding diaryl/α,β-unsaturated/α-hetero) is 1. The summed E-state index contributed by atoms with van der Waals surface area (Å²) in [6.07, 6.45) is 1.74. The fourth-order valence-electron chi connectivity index (χ4n) is 2.54. The molecule has 1 aromatic carbocycles. The van der Waals surface area contributed by atoms with Crippen molar-refractivity contribution >= 4 is 33.0 Å². The van der Waals surface area contributed by atoms with Crippen molar-refractivity contribution in [2.45, 2.75) is 24.2 Å². The van der Waals surface area contributed by atoms with Crippen LogP contribution < -0.4 is 10.6 Å². The Kier molecular flexibility index (Phi) is 5.94. The molecule has 1 fully saturated rings. The largest absolute Gasteiger partial charge is 0.315 e. The van der Waals surface area contributed by atoms with E-state index in [1.165, 1.54) is 16.1 Å². The molecule has 0 amide bonds. The number of rotatable bonds is 1. The molecular weight excluding hydrogens is 374 g/mol. The van der Waals surface area contributed by atoms with Crippen LogP contribution in [0.4, 0.5) is 0 Å². The molecule has 0 saturated carbocycles. The van der Waals surface area contributed by atoms with E-state index in [-0.39, 0.29) is 4.83 Å². The van der Waals surface area contributed by atoms with E-state index in [0.29, 0.717) is 12.2 Å². The van der Waals surface area contributed by atoms with Crippen LogP contribution in [0.5, 0.6) is 0 Å². The zero-order valence-corrected chi connectivity index (χ0v) is 15.3. The highest BCUT2D eigenvalue weighted by molar-refractivity contribution is 9.10. The first kappa shape index (κ1) is 16.8. The molecule has 6 heteroatoms. The van der Waals surface area contributed by atoms with Gasteiger partial charge in [0.05, 0.1) is 10.5 Å². The number of piperidine rings is 1. The van der Waals surface area contributed by atoms with Crippen LogP contribution >= 0.6 is 27.3 Å². The minimum absolute atomic E-state index is 0.0660. The van der Waals surface area contributed by atoms with Gasteiger partial charge in [-0.1, -0.05) is 46.3 Å². The Balaban J connectivity index is 0.000000166. The number of halogens is 1. The van der Waals surface area contributed by atoms with Crippen molar-refractivity contribution in [1.82, 2.24) is 15.6 Å². The van der Waals surface area contributed by atoms with E-state index >= 15 is 0 Å². The van der Waals surface area contributed by atoms with Gasteiger partial charge in [0, 0.05) is 49.5 Å². The molecule has 0 spiro atoms. The number of nitrogens with one attached hydrogen (secondary N) is 2. The van der Waals surface area contributed by atoms with Crippen molar-refractivity contribution in [3.8, 4) is 10.6 Å². The number of nitrogens with zero attached hydrogens (tertiary/aromatic N) is 1. The minimum atomic E-state index is 0.0660. The molecule has 2 aliphatic rings. The molecule has 4 rings (SSSR count). The standard InChI is InChI=1S/C12H12N2S.C5H8BrNO/c1-2-4-9(5-3-1)12-14-10-6-7-13-8-11(10)15-12;6-4-3-7-2-1-5(4)8/h1-5,13H,6-8H2;4,7H,1-3H2. The molecule has 23 heavy (non-hydrogen) atoms. The van der Waals surface area contributed by atoms with Crippen molar-refractivity contribution in [2.75, 3.05) is 19.6 Å². The predicted octanol–water partition coefficient (Wildman–Crippen LogP) is 2.77. The lowest BCUT2D eigenvalue weighted by Gasteiger charge is -2.15. The third-order valence-electron chi connectivity index (χ3n) is 3.84. The Bertz CT molecular complexity index is 636. The lowest BCUT2D eigenvalue weighted by atomic mass is 10.1. The summed E-state index contributed by atoms with van der Waals surface area (Å²) in [7, 11) is 0. The van der Waals surface area contributed by atoms with Gasteiger partial charge >= 0.3 is 0 Å². The van der Waals surface area contributed by atoms with E-state index in [1.54, 1.807) is 0 Å². The van der Waals surface area contributed by atoms with Gasteiger partial charge in [0.25, 0.3) is 0 Å². The molecule has 2 aliphatic heterocycles. The zero-order chi connectivity index (χ0) is 16.1. The molecule has 2 aromatic rings. The van der Waals surface area contributed by atoms with Gasteiger partial charge in [0.15, 0.2) is 0 Å². The Hall–Kier alpha value is -1.08. The Morgan fingerprint density at radius 2 is 1.91 bits per heavy atom. The molecule has 1 aromatic heterocycles. The summed E-state index contributed by atoms with van der Waals surface area (Å²) in [5, 5.41) is 7.63. The van der Waals surface area contributed by atoms with Crippen molar-refractivity contribution in [1.29, 1.82) is 0 Å². The van der Waals surface area contributed by atoms with Crippen LogP contribution in [0.2, 0.25) is 0 Å². The monoisotopic (exact) mass is 393 g/mol. The van der Waals surface area contributed by atoms with E-state index in [0.717, 1.165) is 37.6 Å². The highest BCUT2D eigenvalue weighted by Gasteiger charge is 2.17. The van der Waals surface area contributed by atoms with Gasteiger partial charge in [-0.05, 0) is 0 Å². The van der Waals surface area contributed by atoms with Gasteiger partial charge in [-0.3, -0.25) is 4.79 Å². The van der Waals surface area contributed by atoms with Crippen LogP contribution in [0.15, 0.2) is 30.3 Å². The number of alkyl halides is 1. The van der Waals surface area contributed by atoms with Crippen molar-refractivity contribution in [2.24, 2.45) is 0 Å². The molecule has 1 unspecified atom stereocenters. The van der Waals surface area contributed by atoms with Gasteiger partial charge in [0.1, 0.15) is 10.8 Å². The maximum absolute atomic E-state index is 10.7. The topological polar surface area (TPSA) is 54.0 Å². The number of ketones is 1. The summed E-state index contributed by atoms with van der Waals surface area (Å²) in [6.45, 7) is 3.69. The van der Waals surface area contributed by atoms with E-state index in [2.05, 4.69) is 50.8 Å². The second-order valence-electron chi connectivity index (χ2n) is 5.57. The third-order valence-corrected chi connectivity index (χ3v) is 5.83. The number of hydrogen-bond donors (Lipinski definition) is 2. The van der Waals surface area contributed by atoms with Crippen LogP contribution in [0.25, 0.3) is 10.6 Å². The SMILES string of the molecule is O=C1CCNCC1Br.c1ccc(-c2nc3c(s2)CNCC3)cc1. The second-order valence-corrected chi connectivity index (χ2v) is 7.76. The van der Waals surface area contributed by atoms with Crippen molar-refractivity contribution in [3.63, 3.8) is 0 Å². The average Bonchev–Trinajstić information content (AvgIpc) is 3.03. The quantitative estimate of drug-likeness (QED) is 0.731. The molecule has 2 N–H and O–H groups in total. The van der Waals surface area contributed by atoms with Crippen LogP contribution in [0.1, 0.15) is 17.0 Å². The molecule has 0 radical (unpaired) electrons. The number of aromatic nitrogens is 1. The zero-order valence-electron chi connectivity index (χ0n) is 12.8. The first-order chi connectivity index (χ1) is 11.2. The van der Waals surface area contributed by atoms with Gasteiger partial charge in [-0.2, -0.15) is 0 Å². The first-order valence-corrected chi connectivity index (χ1v) is 9.59. The molecule has 122 valence electrons. The summed E-state index contributed by atoms with van der Waals surface area (Å²) in [5.41, 5.74) is 2.52. The normalized spacial score (nSPS) is 20.4. The smallest absolute Gasteiger partial charge is 0.149 e.